The first kappa shape index (κ1) is 22.4. The average molecular weight is 465 g/mol. The number of rotatable bonds is 9. The smallest absolute Gasteiger partial charge is 0.277 e. The SMILES string of the molecule is COc1ccc(NC(=O)CSc2nnc(-c3ccc(NS(C)(=O)=O)cc3)o2)c(OC)c1. The van der Waals surface area contributed by atoms with E-state index in [4.69, 9.17) is 13.9 Å². The van der Waals surface area contributed by atoms with E-state index in [1.165, 1.54) is 7.11 Å². The van der Waals surface area contributed by atoms with Gasteiger partial charge in [-0.15, -0.1) is 10.2 Å². The van der Waals surface area contributed by atoms with Crippen LogP contribution in [-0.4, -0.2) is 50.8 Å². The van der Waals surface area contributed by atoms with E-state index in [-0.39, 0.29) is 22.8 Å². The van der Waals surface area contributed by atoms with E-state index in [1.54, 1.807) is 49.6 Å². The number of benzene rings is 2. The van der Waals surface area contributed by atoms with Gasteiger partial charge in [0.15, 0.2) is 0 Å². The summed E-state index contributed by atoms with van der Waals surface area (Å²) >= 11 is 1.09. The molecule has 1 aromatic heterocycles. The van der Waals surface area contributed by atoms with Crippen molar-refractivity contribution in [3.8, 4) is 23.0 Å². The zero-order valence-corrected chi connectivity index (χ0v) is 18.5. The standard InChI is InChI=1S/C19H20N4O6S2/c1-27-14-8-9-15(16(10-14)28-2)20-17(24)11-30-19-22-21-18(29-19)12-4-6-13(7-5-12)23-31(3,25)26/h4-10,23H,11H2,1-3H3,(H,20,24). The minimum absolute atomic E-state index is 0.0496. The van der Waals surface area contributed by atoms with Crippen molar-refractivity contribution in [2.45, 2.75) is 5.22 Å². The lowest BCUT2D eigenvalue weighted by molar-refractivity contribution is -0.113. The number of hydrogen-bond donors (Lipinski definition) is 2. The number of amides is 1. The van der Waals surface area contributed by atoms with Crippen LogP contribution < -0.4 is 19.5 Å². The maximum atomic E-state index is 12.3. The van der Waals surface area contributed by atoms with Gasteiger partial charge in [-0.05, 0) is 36.4 Å². The zero-order chi connectivity index (χ0) is 22.4. The van der Waals surface area contributed by atoms with Crippen molar-refractivity contribution < 1.29 is 27.1 Å². The molecule has 0 unspecified atom stereocenters. The molecule has 1 heterocycles. The van der Waals surface area contributed by atoms with Gasteiger partial charge in [0, 0.05) is 17.3 Å². The van der Waals surface area contributed by atoms with Gasteiger partial charge in [0.25, 0.3) is 5.22 Å². The normalized spacial score (nSPS) is 11.1. The molecule has 0 aliphatic carbocycles. The van der Waals surface area contributed by atoms with Crippen LogP contribution in [0.3, 0.4) is 0 Å². The summed E-state index contributed by atoms with van der Waals surface area (Å²) in [7, 11) is -0.306. The molecule has 0 spiro atoms. The molecule has 2 N–H and O–H groups in total. The van der Waals surface area contributed by atoms with Crippen LogP contribution >= 0.6 is 11.8 Å². The largest absolute Gasteiger partial charge is 0.497 e. The molecule has 0 saturated heterocycles. The van der Waals surface area contributed by atoms with Gasteiger partial charge in [0.05, 0.1) is 31.9 Å². The van der Waals surface area contributed by atoms with Gasteiger partial charge in [-0.2, -0.15) is 0 Å². The molecule has 0 saturated carbocycles. The molecule has 0 bridgehead atoms. The summed E-state index contributed by atoms with van der Waals surface area (Å²) in [6.07, 6.45) is 1.07. The number of hydrogen-bond acceptors (Lipinski definition) is 9. The Bertz CT molecular complexity index is 1160. The van der Waals surface area contributed by atoms with Crippen molar-refractivity contribution >= 4 is 39.1 Å². The predicted octanol–water partition coefficient (Wildman–Crippen LogP) is 2.86. The van der Waals surface area contributed by atoms with E-state index in [1.807, 2.05) is 0 Å². The van der Waals surface area contributed by atoms with E-state index < -0.39 is 10.0 Å². The molecule has 0 aliphatic heterocycles. The van der Waals surface area contributed by atoms with Crippen molar-refractivity contribution in [3.63, 3.8) is 0 Å². The summed E-state index contributed by atoms with van der Waals surface area (Å²) in [6, 6.07) is 11.5. The Morgan fingerprint density at radius 1 is 1.10 bits per heavy atom. The second-order valence-corrected chi connectivity index (χ2v) is 8.90. The Balaban J connectivity index is 1.58. The lowest BCUT2D eigenvalue weighted by Gasteiger charge is -2.11. The van der Waals surface area contributed by atoms with Gasteiger partial charge < -0.3 is 19.2 Å². The van der Waals surface area contributed by atoms with Crippen LogP contribution in [0.25, 0.3) is 11.5 Å². The number of aromatic nitrogens is 2. The van der Waals surface area contributed by atoms with Crippen molar-refractivity contribution in [1.29, 1.82) is 0 Å². The third kappa shape index (κ3) is 6.36. The first-order valence-corrected chi connectivity index (χ1v) is 11.7. The van der Waals surface area contributed by atoms with Crippen LogP contribution in [0.1, 0.15) is 0 Å². The molecule has 3 rings (SSSR count). The Morgan fingerprint density at radius 3 is 2.48 bits per heavy atom. The lowest BCUT2D eigenvalue weighted by Crippen LogP contribution is -2.14. The number of ether oxygens (including phenoxy) is 2. The molecular weight excluding hydrogens is 444 g/mol. The van der Waals surface area contributed by atoms with Crippen molar-refractivity contribution in [1.82, 2.24) is 10.2 Å². The van der Waals surface area contributed by atoms with E-state index >= 15 is 0 Å². The first-order valence-electron chi connectivity index (χ1n) is 8.84. The number of anilines is 2. The molecule has 0 radical (unpaired) electrons. The summed E-state index contributed by atoms with van der Waals surface area (Å²) < 4.78 is 40.9. The molecule has 2 aromatic carbocycles. The molecule has 1 amide bonds. The number of nitrogens with zero attached hydrogens (tertiary/aromatic N) is 2. The average Bonchev–Trinajstić information content (AvgIpc) is 3.21. The van der Waals surface area contributed by atoms with E-state index in [0.29, 0.717) is 28.4 Å². The molecule has 12 heteroatoms. The van der Waals surface area contributed by atoms with Gasteiger partial charge in [0.1, 0.15) is 11.5 Å². The number of carbonyl (C=O) groups is 1. The van der Waals surface area contributed by atoms with E-state index in [2.05, 4.69) is 20.2 Å². The molecule has 0 fully saturated rings. The number of methoxy groups -OCH3 is 2. The fourth-order valence-corrected chi connectivity index (χ4v) is 3.62. The molecular formula is C19H20N4O6S2. The Kier molecular flexibility index (Phi) is 7.02. The number of carbonyl (C=O) groups excluding carboxylic acids is 1. The summed E-state index contributed by atoms with van der Waals surface area (Å²) in [6.45, 7) is 0. The van der Waals surface area contributed by atoms with Crippen LogP contribution in [0.2, 0.25) is 0 Å². The van der Waals surface area contributed by atoms with Gasteiger partial charge in [-0.25, -0.2) is 8.42 Å². The van der Waals surface area contributed by atoms with Crippen LogP contribution in [0, 0.1) is 0 Å². The second-order valence-electron chi connectivity index (χ2n) is 6.23. The third-order valence-corrected chi connectivity index (χ3v) is 5.28. The fraction of sp³-hybridized carbons (Fsp3) is 0.211. The first-order chi connectivity index (χ1) is 14.8. The number of nitrogens with one attached hydrogen (secondary N) is 2. The van der Waals surface area contributed by atoms with Gasteiger partial charge in [0.2, 0.25) is 21.8 Å². The maximum Gasteiger partial charge on any atom is 0.277 e. The zero-order valence-electron chi connectivity index (χ0n) is 16.9. The van der Waals surface area contributed by atoms with E-state index in [0.717, 1.165) is 18.0 Å². The Hall–Kier alpha value is -3.25. The second kappa shape index (κ2) is 9.71. The van der Waals surface area contributed by atoms with Crippen molar-refractivity contribution in [3.05, 3.63) is 42.5 Å². The fourth-order valence-electron chi connectivity index (χ4n) is 2.50. The molecule has 10 nitrogen and oxygen atoms in total. The number of thioether (sulfide) groups is 1. The summed E-state index contributed by atoms with van der Waals surface area (Å²) in [5, 5.41) is 10.9. The molecule has 164 valence electrons. The van der Waals surface area contributed by atoms with Gasteiger partial charge in [-0.3, -0.25) is 9.52 Å². The molecule has 0 atom stereocenters. The molecule has 3 aromatic rings. The molecule has 31 heavy (non-hydrogen) atoms. The van der Waals surface area contributed by atoms with Crippen LogP contribution in [0.5, 0.6) is 11.5 Å². The highest BCUT2D eigenvalue weighted by atomic mass is 32.2. The van der Waals surface area contributed by atoms with Gasteiger partial charge >= 0.3 is 0 Å². The summed E-state index contributed by atoms with van der Waals surface area (Å²) in [4.78, 5) is 12.3. The lowest BCUT2D eigenvalue weighted by atomic mass is 10.2. The van der Waals surface area contributed by atoms with Crippen LogP contribution in [0.15, 0.2) is 52.1 Å². The topological polar surface area (TPSA) is 133 Å². The van der Waals surface area contributed by atoms with Crippen LogP contribution in [-0.2, 0) is 14.8 Å². The minimum Gasteiger partial charge on any atom is -0.497 e. The highest BCUT2D eigenvalue weighted by molar-refractivity contribution is 7.99. The van der Waals surface area contributed by atoms with Gasteiger partial charge in [-0.1, -0.05) is 11.8 Å². The van der Waals surface area contributed by atoms with E-state index in [9.17, 15) is 13.2 Å². The summed E-state index contributed by atoms with van der Waals surface area (Å²) in [5.41, 5.74) is 1.56. The number of sulfonamides is 1. The highest BCUT2D eigenvalue weighted by Gasteiger charge is 2.13. The minimum atomic E-state index is -3.35. The summed E-state index contributed by atoms with van der Waals surface area (Å²) in [5.74, 6) is 1.12. The Labute approximate surface area is 183 Å². The highest BCUT2D eigenvalue weighted by Crippen LogP contribution is 2.29. The van der Waals surface area contributed by atoms with Crippen LogP contribution in [0.4, 0.5) is 11.4 Å². The molecule has 0 aliphatic rings. The third-order valence-electron chi connectivity index (χ3n) is 3.85. The van der Waals surface area contributed by atoms with Crippen molar-refractivity contribution in [2.75, 3.05) is 36.3 Å². The quantitative estimate of drug-likeness (QED) is 0.459. The Morgan fingerprint density at radius 2 is 1.84 bits per heavy atom. The maximum absolute atomic E-state index is 12.3. The monoisotopic (exact) mass is 464 g/mol. The predicted molar refractivity (Wildman–Crippen MR) is 117 cm³/mol. The van der Waals surface area contributed by atoms with Crippen molar-refractivity contribution in [2.24, 2.45) is 0 Å².